The van der Waals surface area contributed by atoms with Gasteiger partial charge in [-0.3, -0.25) is 4.79 Å². The smallest absolute Gasteiger partial charge is 0.253 e. The molecule has 2 aromatic carbocycles. The number of carbonyl (C=O) groups is 1. The molecule has 2 rings (SSSR count). The minimum atomic E-state index is -0.714. The average molecular weight is 292 g/mol. The highest BCUT2D eigenvalue weighted by Gasteiger charge is 2.13. The van der Waals surface area contributed by atoms with E-state index in [-0.39, 0.29) is 23.4 Å². The first-order valence-corrected chi connectivity index (χ1v) is 6.17. The number of ether oxygens (including phenoxy) is 1. The molecule has 3 N–H and O–H groups in total. The highest BCUT2D eigenvalue weighted by Crippen LogP contribution is 2.24. The maximum absolute atomic E-state index is 13.5. The summed E-state index contributed by atoms with van der Waals surface area (Å²) in [5.41, 5.74) is 6.43. The van der Waals surface area contributed by atoms with E-state index in [4.69, 9.17) is 10.5 Å². The standard InChI is InChI=1S/C15H14F2N2O2/c1-21-13-4-2-3-11(14(13)18)15(20)19-8-9-5-6-10(16)7-12(9)17/h2-7H,8,18H2,1H3,(H,19,20). The summed E-state index contributed by atoms with van der Waals surface area (Å²) < 4.78 is 31.3. The molecule has 110 valence electrons. The number of amides is 1. The van der Waals surface area contributed by atoms with Crippen molar-refractivity contribution in [2.45, 2.75) is 6.54 Å². The van der Waals surface area contributed by atoms with Gasteiger partial charge in [0.2, 0.25) is 0 Å². The number of nitrogens with one attached hydrogen (secondary N) is 1. The van der Waals surface area contributed by atoms with Gasteiger partial charge in [-0.2, -0.15) is 0 Å². The fraction of sp³-hybridized carbons (Fsp3) is 0.133. The van der Waals surface area contributed by atoms with Crippen LogP contribution in [0.15, 0.2) is 36.4 Å². The quantitative estimate of drug-likeness (QED) is 0.851. The van der Waals surface area contributed by atoms with Crippen molar-refractivity contribution in [3.8, 4) is 5.75 Å². The van der Waals surface area contributed by atoms with Crippen LogP contribution in [0.4, 0.5) is 14.5 Å². The van der Waals surface area contributed by atoms with Crippen LogP contribution in [-0.2, 0) is 6.54 Å². The lowest BCUT2D eigenvalue weighted by atomic mass is 10.1. The molecule has 21 heavy (non-hydrogen) atoms. The molecule has 1 amide bonds. The van der Waals surface area contributed by atoms with Crippen molar-refractivity contribution in [2.75, 3.05) is 12.8 Å². The number of hydrogen-bond donors (Lipinski definition) is 2. The van der Waals surface area contributed by atoms with Crippen molar-refractivity contribution in [2.24, 2.45) is 0 Å². The molecule has 0 atom stereocenters. The van der Waals surface area contributed by atoms with Gasteiger partial charge in [-0.15, -0.1) is 0 Å². The molecule has 0 aliphatic heterocycles. The number of methoxy groups -OCH3 is 1. The minimum absolute atomic E-state index is 0.0679. The van der Waals surface area contributed by atoms with Gasteiger partial charge in [0, 0.05) is 18.2 Å². The molecule has 0 heterocycles. The predicted octanol–water partition coefficient (Wildman–Crippen LogP) is 2.49. The normalized spacial score (nSPS) is 10.2. The van der Waals surface area contributed by atoms with Crippen molar-refractivity contribution >= 4 is 11.6 Å². The van der Waals surface area contributed by atoms with Crippen molar-refractivity contribution in [1.29, 1.82) is 0 Å². The molecule has 0 bridgehead atoms. The van der Waals surface area contributed by atoms with Crippen LogP contribution in [0.3, 0.4) is 0 Å². The molecular weight excluding hydrogens is 278 g/mol. The van der Waals surface area contributed by atoms with Gasteiger partial charge >= 0.3 is 0 Å². The Hall–Kier alpha value is -2.63. The lowest BCUT2D eigenvalue weighted by molar-refractivity contribution is 0.0951. The Bertz CT molecular complexity index is 675. The van der Waals surface area contributed by atoms with E-state index in [0.29, 0.717) is 5.75 Å². The zero-order valence-electron chi connectivity index (χ0n) is 11.3. The molecule has 0 aliphatic rings. The summed E-state index contributed by atoms with van der Waals surface area (Å²) in [6, 6.07) is 7.97. The molecular formula is C15H14F2N2O2. The van der Waals surface area contributed by atoms with Crippen molar-refractivity contribution in [1.82, 2.24) is 5.32 Å². The first-order chi connectivity index (χ1) is 10.0. The van der Waals surface area contributed by atoms with Crippen molar-refractivity contribution < 1.29 is 18.3 Å². The van der Waals surface area contributed by atoms with E-state index in [9.17, 15) is 13.6 Å². The summed E-state index contributed by atoms with van der Waals surface area (Å²) in [6.07, 6.45) is 0. The number of anilines is 1. The van der Waals surface area contributed by atoms with E-state index in [2.05, 4.69) is 5.32 Å². The van der Waals surface area contributed by atoms with Gasteiger partial charge in [0.05, 0.1) is 18.4 Å². The maximum atomic E-state index is 13.5. The zero-order chi connectivity index (χ0) is 15.4. The van der Waals surface area contributed by atoms with E-state index >= 15 is 0 Å². The number of para-hydroxylation sites is 1. The van der Waals surface area contributed by atoms with Crippen LogP contribution in [0.2, 0.25) is 0 Å². The third-order valence-electron chi connectivity index (χ3n) is 2.99. The van der Waals surface area contributed by atoms with E-state index in [0.717, 1.165) is 12.1 Å². The van der Waals surface area contributed by atoms with Crippen LogP contribution in [-0.4, -0.2) is 13.0 Å². The Morgan fingerprint density at radius 2 is 2.05 bits per heavy atom. The van der Waals surface area contributed by atoms with Crippen LogP contribution in [0.1, 0.15) is 15.9 Å². The predicted molar refractivity (Wildman–Crippen MR) is 74.9 cm³/mol. The van der Waals surface area contributed by atoms with Gasteiger partial charge in [-0.25, -0.2) is 8.78 Å². The maximum Gasteiger partial charge on any atom is 0.253 e. The third-order valence-corrected chi connectivity index (χ3v) is 2.99. The molecule has 0 fully saturated rings. The molecule has 4 nitrogen and oxygen atoms in total. The SMILES string of the molecule is COc1cccc(C(=O)NCc2ccc(F)cc2F)c1N. The summed E-state index contributed by atoms with van der Waals surface area (Å²) in [5.74, 6) is -1.46. The number of nitrogens with two attached hydrogens (primary N) is 1. The Morgan fingerprint density at radius 1 is 1.29 bits per heavy atom. The molecule has 6 heteroatoms. The molecule has 0 aliphatic carbocycles. The monoisotopic (exact) mass is 292 g/mol. The summed E-state index contributed by atoms with van der Waals surface area (Å²) in [4.78, 5) is 12.0. The van der Waals surface area contributed by atoms with Gasteiger partial charge in [0.25, 0.3) is 5.91 Å². The molecule has 0 unspecified atom stereocenters. The minimum Gasteiger partial charge on any atom is -0.495 e. The lowest BCUT2D eigenvalue weighted by Gasteiger charge is -2.10. The summed E-state index contributed by atoms with van der Waals surface area (Å²) in [7, 11) is 1.45. The van der Waals surface area contributed by atoms with Crippen LogP contribution in [0, 0.1) is 11.6 Å². The molecule has 0 saturated heterocycles. The summed E-state index contributed by atoms with van der Waals surface area (Å²) in [5, 5.41) is 2.53. The first kappa shape index (κ1) is 14.8. The molecule has 0 radical (unpaired) electrons. The number of halogens is 2. The highest BCUT2D eigenvalue weighted by molar-refractivity contribution is 6.00. The van der Waals surface area contributed by atoms with Gasteiger partial charge in [0.15, 0.2) is 0 Å². The first-order valence-electron chi connectivity index (χ1n) is 6.17. The molecule has 2 aromatic rings. The van der Waals surface area contributed by atoms with Gasteiger partial charge in [-0.05, 0) is 18.2 Å². The Balaban J connectivity index is 2.12. The number of hydrogen-bond acceptors (Lipinski definition) is 3. The second-order valence-corrected chi connectivity index (χ2v) is 4.34. The number of nitrogen functional groups attached to an aromatic ring is 1. The van der Waals surface area contributed by atoms with E-state index in [1.165, 1.54) is 19.2 Å². The van der Waals surface area contributed by atoms with Crippen LogP contribution >= 0.6 is 0 Å². The van der Waals surface area contributed by atoms with Crippen molar-refractivity contribution in [3.63, 3.8) is 0 Å². The zero-order valence-corrected chi connectivity index (χ0v) is 11.3. The third kappa shape index (κ3) is 3.28. The van der Waals surface area contributed by atoms with Gasteiger partial charge in [0.1, 0.15) is 17.4 Å². The average Bonchev–Trinajstić information content (AvgIpc) is 2.46. The second kappa shape index (κ2) is 6.21. The van der Waals surface area contributed by atoms with Crippen molar-refractivity contribution in [3.05, 3.63) is 59.2 Å². The van der Waals surface area contributed by atoms with E-state index in [1.807, 2.05) is 0 Å². The molecule has 0 saturated carbocycles. The molecule has 0 aromatic heterocycles. The van der Waals surface area contributed by atoms with Crippen LogP contribution in [0.5, 0.6) is 5.75 Å². The Kier molecular flexibility index (Phi) is 4.37. The van der Waals surface area contributed by atoms with E-state index < -0.39 is 17.5 Å². The summed E-state index contributed by atoms with van der Waals surface area (Å²) >= 11 is 0. The van der Waals surface area contributed by atoms with E-state index in [1.54, 1.807) is 12.1 Å². The summed E-state index contributed by atoms with van der Waals surface area (Å²) in [6.45, 7) is -0.0679. The van der Waals surface area contributed by atoms with Gasteiger partial charge in [-0.1, -0.05) is 12.1 Å². The fourth-order valence-electron chi connectivity index (χ4n) is 1.86. The second-order valence-electron chi connectivity index (χ2n) is 4.34. The number of rotatable bonds is 4. The largest absolute Gasteiger partial charge is 0.495 e. The van der Waals surface area contributed by atoms with Gasteiger partial charge < -0.3 is 15.8 Å². The Labute approximate surface area is 120 Å². The van der Waals surface area contributed by atoms with Crippen LogP contribution in [0.25, 0.3) is 0 Å². The fourth-order valence-corrected chi connectivity index (χ4v) is 1.86. The molecule has 0 spiro atoms. The highest BCUT2D eigenvalue weighted by atomic mass is 19.1. The number of benzene rings is 2. The Morgan fingerprint density at radius 3 is 2.71 bits per heavy atom. The lowest BCUT2D eigenvalue weighted by Crippen LogP contribution is -2.24. The topological polar surface area (TPSA) is 64.3 Å². The number of carbonyl (C=O) groups excluding carboxylic acids is 1. The van der Waals surface area contributed by atoms with Crippen LogP contribution < -0.4 is 15.8 Å².